The lowest BCUT2D eigenvalue weighted by Crippen LogP contribution is -2.39. The standard InChI is InChI=1S/C26H22I2N2O5S/c1-5-34-25(33)21-14(3)29-26-30(22(21)16-8-6-13(2)7-9-16)24(32)20(36-26)11-17-10-18(27)12-19(28)23(17)35-15(4)31/h6-12,22H,5H2,1-4H3/b20-11-/t22-/m0/s1. The number of fused-ring (bicyclic) bond motifs is 1. The van der Waals surface area contributed by atoms with Crippen LogP contribution >= 0.6 is 56.5 Å². The molecule has 0 fully saturated rings. The predicted octanol–water partition coefficient (Wildman–Crippen LogP) is 4.24. The zero-order chi connectivity index (χ0) is 26.1. The van der Waals surface area contributed by atoms with Gasteiger partial charge in [0.1, 0.15) is 0 Å². The average molecular weight is 728 g/mol. The molecule has 1 aliphatic heterocycles. The van der Waals surface area contributed by atoms with E-state index in [9.17, 15) is 14.4 Å². The Hall–Kier alpha value is -2.32. The highest BCUT2D eigenvalue weighted by Crippen LogP contribution is 2.32. The summed E-state index contributed by atoms with van der Waals surface area (Å²) in [5, 5.41) is 0. The second kappa shape index (κ2) is 11.0. The van der Waals surface area contributed by atoms with Crippen molar-refractivity contribution in [2.24, 2.45) is 4.99 Å². The molecular formula is C26H22I2N2O5S. The van der Waals surface area contributed by atoms with Gasteiger partial charge in [0.15, 0.2) is 10.6 Å². The first kappa shape index (κ1) is 26.7. The summed E-state index contributed by atoms with van der Waals surface area (Å²) >= 11 is 5.51. The summed E-state index contributed by atoms with van der Waals surface area (Å²) in [6, 6.07) is 10.8. The van der Waals surface area contributed by atoms with Gasteiger partial charge in [-0.2, -0.15) is 0 Å². The van der Waals surface area contributed by atoms with Crippen molar-refractivity contribution in [2.75, 3.05) is 6.61 Å². The minimum absolute atomic E-state index is 0.213. The van der Waals surface area contributed by atoms with Crippen LogP contribution in [0.1, 0.15) is 43.5 Å². The molecule has 0 aliphatic carbocycles. The summed E-state index contributed by atoms with van der Waals surface area (Å²) in [6.45, 7) is 7.03. The van der Waals surface area contributed by atoms with Crippen molar-refractivity contribution in [1.29, 1.82) is 0 Å². The molecule has 4 rings (SSSR count). The molecule has 36 heavy (non-hydrogen) atoms. The van der Waals surface area contributed by atoms with Gasteiger partial charge in [0, 0.05) is 16.1 Å². The molecule has 1 atom stereocenters. The van der Waals surface area contributed by atoms with Crippen LogP contribution in [0.15, 0.2) is 57.5 Å². The van der Waals surface area contributed by atoms with Crippen molar-refractivity contribution in [2.45, 2.75) is 33.7 Å². The van der Waals surface area contributed by atoms with Crippen LogP contribution < -0.4 is 19.6 Å². The molecule has 186 valence electrons. The molecule has 1 aromatic heterocycles. The lowest BCUT2D eigenvalue weighted by Gasteiger charge is -2.24. The Bertz CT molecular complexity index is 1590. The van der Waals surface area contributed by atoms with Crippen LogP contribution in [0.4, 0.5) is 0 Å². The van der Waals surface area contributed by atoms with Gasteiger partial charge >= 0.3 is 11.9 Å². The molecule has 0 bridgehead atoms. The number of hydrogen-bond acceptors (Lipinski definition) is 7. The fourth-order valence-electron chi connectivity index (χ4n) is 3.94. The number of halogens is 2. The second-order valence-corrected chi connectivity index (χ2v) is 11.5. The van der Waals surface area contributed by atoms with Gasteiger partial charge in [0.2, 0.25) is 0 Å². The van der Waals surface area contributed by atoms with E-state index in [-0.39, 0.29) is 12.2 Å². The average Bonchev–Trinajstić information content (AvgIpc) is 3.10. The molecule has 0 saturated carbocycles. The van der Waals surface area contributed by atoms with Crippen molar-refractivity contribution < 1.29 is 19.1 Å². The maximum atomic E-state index is 13.8. The van der Waals surface area contributed by atoms with Gasteiger partial charge in [0.25, 0.3) is 5.56 Å². The van der Waals surface area contributed by atoms with Crippen LogP contribution in [0.2, 0.25) is 0 Å². The van der Waals surface area contributed by atoms with Gasteiger partial charge < -0.3 is 9.47 Å². The highest BCUT2D eigenvalue weighted by atomic mass is 127. The number of aryl methyl sites for hydroxylation is 1. The van der Waals surface area contributed by atoms with Crippen LogP contribution in [0.25, 0.3) is 6.08 Å². The summed E-state index contributed by atoms with van der Waals surface area (Å²) < 4.78 is 14.4. The van der Waals surface area contributed by atoms with Crippen molar-refractivity contribution in [3.63, 3.8) is 0 Å². The SMILES string of the molecule is CCOC(=O)C1=C(C)N=c2s/c(=C\c3cc(I)cc(I)c3OC(C)=O)c(=O)n2[C@H]1c1ccc(C)cc1. The third-order valence-corrected chi connectivity index (χ3v) is 7.89. The Morgan fingerprint density at radius 1 is 1.17 bits per heavy atom. The van der Waals surface area contributed by atoms with Crippen molar-refractivity contribution in [3.8, 4) is 5.75 Å². The first-order valence-electron chi connectivity index (χ1n) is 11.0. The monoisotopic (exact) mass is 728 g/mol. The topological polar surface area (TPSA) is 87.0 Å². The summed E-state index contributed by atoms with van der Waals surface area (Å²) in [7, 11) is 0. The molecule has 2 heterocycles. The number of hydrogen-bond donors (Lipinski definition) is 0. The lowest BCUT2D eigenvalue weighted by atomic mass is 9.95. The first-order valence-corrected chi connectivity index (χ1v) is 14.0. The zero-order valence-corrected chi connectivity index (χ0v) is 25.1. The van der Waals surface area contributed by atoms with Gasteiger partial charge in [0.05, 0.1) is 32.0 Å². The van der Waals surface area contributed by atoms with E-state index >= 15 is 0 Å². The summed E-state index contributed by atoms with van der Waals surface area (Å²) in [5.41, 5.74) is 3.02. The summed E-state index contributed by atoms with van der Waals surface area (Å²) in [6.07, 6.45) is 1.71. The third kappa shape index (κ3) is 5.35. The Morgan fingerprint density at radius 3 is 2.50 bits per heavy atom. The molecule has 10 heteroatoms. The van der Waals surface area contributed by atoms with Gasteiger partial charge in [-0.25, -0.2) is 9.79 Å². The first-order chi connectivity index (χ1) is 17.1. The zero-order valence-electron chi connectivity index (χ0n) is 19.9. The van der Waals surface area contributed by atoms with E-state index in [1.165, 1.54) is 18.3 Å². The lowest BCUT2D eigenvalue weighted by molar-refractivity contribution is -0.139. The molecule has 0 saturated heterocycles. The van der Waals surface area contributed by atoms with E-state index in [1.54, 1.807) is 24.5 Å². The molecule has 3 aromatic rings. The molecular weight excluding hydrogens is 706 g/mol. The number of nitrogens with zero attached hydrogens (tertiary/aromatic N) is 2. The van der Waals surface area contributed by atoms with Crippen molar-refractivity contribution >= 4 is 74.5 Å². The largest absolute Gasteiger partial charge is 0.463 e. The van der Waals surface area contributed by atoms with E-state index < -0.39 is 18.0 Å². The number of allylic oxidation sites excluding steroid dienone is 1. The number of thiazole rings is 1. The fraction of sp³-hybridized carbons (Fsp3) is 0.231. The minimum atomic E-state index is -0.674. The molecule has 0 spiro atoms. The number of benzene rings is 2. The molecule has 0 radical (unpaired) electrons. The smallest absolute Gasteiger partial charge is 0.338 e. The number of aromatic nitrogens is 1. The molecule has 7 nitrogen and oxygen atoms in total. The normalized spacial score (nSPS) is 15.4. The van der Waals surface area contributed by atoms with Crippen LogP contribution in [0.3, 0.4) is 0 Å². The van der Waals surface area contributed by atoms with Gasteiger partial charge in [-0.1, -0.05) is 41.2 Å². The summed E-state index contributed by atoms with van der Waals surface area (Å²) in [5.74, 6) is -0.546. The van der Waals surface area contributed by atoms with Gasteiger partial charge in [-0.15, -0.1) is 0 Å². The van der Waals surface area contributed by atoms with Crippen LogP contribution in [-0.4, -0.2) is 23.1 Å². The molecule has 2 aromatic carbocycles. The van der Waals surface area contributed by atoms with E-state index in [4.69, 9.17) is 9.47 Å². The van der Waals surface area contributed by atoms with Crippen molar-refractivity contribution in [1.82, 2.24) is 4.57 Å². The number of esters is 2. The van der Waals surface area contributed by atoms with Crippen LogP contribution in [0, 0.1) is 14.1 Å². The number of ether oxygens (including phenoxy) is 2. The Morgan fingerprint density at radius 2 is 1.86 bits per heavy atom. The van der Waals surface area contributed by atoms with Crippen molar-refractivity contribution in [3.05, 3.63) is 91.2 Å². The molecule has 0 amide bonds. The van der Waals surface area contributed by atoms with Crippen LogP contribution in [-0.2, 0) is 14.3 Å². The second-order valence-electron chi connectivity index (χ2n) is 8.11. The highest BCUT2D eigenvalue weighted by Gasteiger charge is 2.33. The maximum Gasteiger partial charge on any atom is 0.338 e. The number of carbonyl (C=O) groups excluding carboxylic acids is 2. The number of carbonyl (C=O) groups is 2. The van der Waals surface area contributed by atoms with Crippen LogP contribution in [0.5, 0.6) is 5.75 Å². The predicted molar refractivity (Wildman–Crippen MR) is 155 cm³/mol. The minimum Gasteiger partial charge on any atom is -0.463 e. The molecule has 1 aliphatic rings. The van der Waals surface area contributed by atoms with E-state index in [2.05, 4.69) is 50.2 Å². The third-order valence-electron chi connectivity index (χ3n) is 5.48. The Balaban J connectivity index is 1.98. The van der Waals surface area contributed by atoms with E-state index in [1.807, 2.05) is 43.3 Å². The summed E-state index contributed by atoms with van der Waals surface area (Å²) in [4.78, 5) is 43.6. The Labute approximate surface area is 238 Å². The molecule has 0 N–H and O–H groups in total. The van der Waals surface area contributed by atoms with Gasteiger partial charge in [-0.3, -0.25) is 14.2 Å². The molecule has 0 unspecified atom stereocenters. The van der Waals surface area contributed by atoms with Gasteiger partial charge in [-0.05, 0) is 89.7 Å². The number of rotatable bonds is 5. The quantitative estimate of drug-likeness (QED) is 0.223. The fourth-order valence-corrected chi connectivity index (χ4v) is 6.97. The highest BCUT2D eigenvalue weighted by molar-refractivity contribution is 14.1. The van der Waals surface area contributed by atoms with E-state index in [0.717, 1.165) is 18.3 Å². The maximum absolute atomic E-state index is 13.8. The Kier molecular flexibility index (Phi) is 8.15. The van der Waals surface area contributed by atoms with E-state index in [0.29, 0.717) is 31.9 Å².